The van der Waals surface area contributed by atoms with E-state index in [1.165, 1.54) is 0 Å². The molecular formula is C19H19ClN4O. The van der Waals surface area contributed by atoms with Gasteiger partial charge in [-0.15, -0.1) is 0 Å². The summed E-state index contributed by atoms with van der Waals surface area (Å²) < 4.78 is 6.03. The van der Waals surface area contributed by atoms with Crippen molar-refractivity contribution in [3.05, 3.63) is 71.2 Å². The molecule has 4 rings (SSSR count). The second-order valence-electron chi connectivity index (χ2n) is 6.27. The van der Waals surface area contributed by atoms with Crippen molar-refractivity contribution < 1.29 is 4.42 Å². The molecule has 0 N–H and O–H groups in total. The van der Waals surface area contributed by atoms with Crippen molar-refractivity contribution in [2.75, 3.05) is 18.0 Å². The van der Waals surface area contributed by atoms with Gasteiger partial charge in [0.1, 0.15) is 5.76 Å². The number of aromatic nitrogens is 3. The van der Waals surface area contributed by atoms with Gasteiger partial charge in [-0.3, -0.25) is 0 Å². The van der Waals surface area contributed by atoms with Crippen molar-refractivity contribution in [2.24, 2.45) is 0 Å². The second kappa shape index (κ2) is 7.23. The van der Waals surface area contributed by atoms with Crippen LogP contribution in [0.15, 0.2) is 53.3 Å². The van der Waals surface area contributed by atoms with Gasteiger partial charge in [-0.2, -0.15) is 0 Å². The van der Waals surface area contributed by atoms with Crippen LogP contribution in [0, 0.1) is 0 Å². The number of oxazole rings is 1. The Bertz CT molecular complexity index is 836. The zero-order valence-corrected chi connectivity index (χ0v) is 14.6. The molecule has 3 heterocycles. The maximum Gasteiger partial charge on any atom is 0.225 e. The van der Waals surface area contributed by atoms with Gasteiger partial charge in [-0.05, 0) is 30.5 Å². The monoisotopic (exact) mass is 354 g/mol. The molecule has 0 bridgehead atoms. The summed E-state index contributed by atoms with van der Waals surface area (Å²) in [4.78, 5) is 15.4. The molecule has 2 aromatic heterocycles. The first-order valence-electron chi connectivity index (χ1n) is 8.49. The van der Waals surface area contributed by atoms with Gasteiger partial charge in [-0.1, -0.05) is 29.8 Å². The molecule has 1 atom stereocenters. The van der Waals surface area contributed by atoms with Crippen LogP contribution in [0.5, 0.6) is 0 Å². The summed E-state index contributed by atoms with van der Waals surface area (Å²) in [5.74, 6) is 2.67. The molecule has 5 nitrogen and oxygen atoms in total. The maximum atomic E-state index is 6.23. The lowest BCUT2D eigenvalue weighted by Crippen LogP contribution is -2.35. The van der Waals surface area contributed by atoms with Crippen molar-refractivity contribution in [3.8, 4) is 0 Å². The summed E-state index contributed by atoms with van der Waals surface area (Å²) in [6.45, 7) is 1.80. The Kier molecular flexibility index (Phi) is 4.65. The smallest absolute Gasteiger partial charge is 0.225 e. The standard InChI is InChI=1S/C19H19ClN4O/c20-17-7-2-1-5-14(17)11-16-12-23-18(25-16)15-6-3-10-24(13-15)19-21-8-4-9-22-19/h1-2,4-5,7-9,12,15H,3,6,10-11,13H2/t15-/m0/s1. The molecule has 128 valence electrons. The Labute approximate surface area is 151 Å². The second-order valence-corrected chi connectivity index (χ2v) is 6.67. The first-order chi connectivity index (χ1) is 12.3. The predicted octanol–water partition coefficient (Wildman–Crippen LogP) is 4.09. The van der Waals surface area contributed by atoms with Gasteiger partial charge in [0.2, 0.25) is 5.95 Å². The van der Waals surface area contributed by atoms with Gasteiger partial charge in [0.15, 0.2) is 5.89 Å². The van der Waals surface area contributed by atoms with E-state index in [1.807, 2.05) is 36.5 Å². The molecule has 0 radical (unpaired) electrons. The van der Waals surface area contributed by atoms with Crippen molar-refractivity contribution in [3.63, 3.8) is 0 Å². The lowest BCUT2D eigenvalue weighted by Gasteiger charge is -2.31. The van der Waals surface area contributed by atoms with Gasteiger partial charge >= 0.3 is 0 Å². The van der Waals surface area contributed by atoms with Crippen LogP contribution in [0.4, 0.5) is 5.95 Å². The van der Waals surface area contributed by atoms with E-state index >= 15 is 0 Å². The predicted molar refractivity (Wildman–Crippen MR) is 97.0 cm³/mol. The van der Waals surface area contributed by atoms with Crippen LogP contribution in [-0.4, -0.2) is 28.0 Å². The molecule has 25 heavy (non-hydrogen) atoms. The molecule has 0 unspecified atom stereocenters. The summed E-state index contributed by atoms with van der Waals surface area (Å²) in [6.07, 6.45) is 8.17. The first-order valence-corrected chi connectivity index (χ1v) is 8.87. The van der Waals surface area contributed by atoms with Crippen LogP contribution in [0.25, 0.3) is 0 Å². The molecule has 0 aliphatic carbocycles. The SMILES string of the molecule is Clc1ccccc1Cc1cnc([C@H]2CCCN(c3ncccn3)C2)o1. The third kappa shape index (κ3) is 3.66. The highest BCUT2D eigenvalue weighted by molar-refractivity contribution is 6.31. The number of rotatable bonds is 4. The molecule has 1 aliphatic heterocycles. The summed E-state index contributed by atoms with van der Waals surface area (Å²) in [7, 11) is 0. The topological polar surface area (TPSA) is 55.1 Å². The van der Waals surface area contributed by atoms with Crippen LogP contribution in [0.2, 0.25) is 5.02 Å². The molecule has 3 aromatic rings. The van der Waals surface area contributed by atoms with E-state index in [-0.39, 0.29) is 5.92 Å². The van der Waals surface area contributed by atoms with E-state index in [9.17, 15) is 0 Å². The zero-order chi connectivity index (χ0) is 17.1. The van der Waals surface area contributed by atoms with Crippen LogP contribution in [0.3, 0.4) is 0 Å². The number of piperidine rings is 1. The van der Waals surface area contributed by atoms with Crippen molar-refractivity contribution in [1.29, 1.82) is 0 Å². The molecule has 0 spiro atoms. The fraction of sp³-hybridized carbons (Fsp3) is 0.316. The third-order valence-electron chi connectivity index (χ3n) is 4.50. The Morgan fingerprint density at radius 2 is 1.96 bits per heavy atom. The van der Waals surface area contributed by atoms with Crippen LogP contribution in [-0.2, 0) is 6.42 Å². The molecule has 1 saturated heterocycles. The van der Waals surface area contributed by atoms with E-state index < -0.39 is 0 Å². The molecule has 1 aliphatic rings. The minimum absolute atomic E-state index is 0.262. The Morgan fingerprint density at radius 1 is 1.12 bits per heavy atom. The summed E-state index contributed by atoms with van der Waals surface area (Å²) in [5, 5.41) is 0.755. The Hall–Kier alpha value is -2.40. The highest BCUT2D eigenvalue weighted by Gasteiger charge is 2.26. The minimum Gasteiger partial charge on any atom is -0.445 e. The van der Waals surface area contributed by atoms with E-state index in [1.54, 1.807) is 12.4 Å². The normalized spacial score (nSPS) is 17.6. The van der Waals surface area contributed by atoms with E-state index in [0.29, 0.717) is 6.42 Å². The van der Waals surface area contributed by atoms with Gasteiger partial charge in [0.05, 0.1) is 12.1 Å². The maximum absolute atomic E-state index is 6.23. The summed E-state index contributed by atoms with van der Waals surface area (Å²) in [5.41, 5.74) is 1.05. The Morgan fingerprint density at radius 3 is 2.80 bits per heavy atom. The number of hydrogen-bond acceptors (Lipinski definition) is 5. The molecule has 1 fully saturated rings. The molecule has 0 amide bonds. The average molecular weight is 355 g/mol. The van der Waals surface area contributed by atoms with Crippen molar-refractivity contribution in [1.82, 2.24) is 15.0 Å². The average Bonchev–Trinajstić information content (AvgIpc) is 3.13. The first kappa shape index (κ1) is 16.1. The van der Waals surface area contributed by atoms with Gasteiger partial charge in [-0.25, -0.2) is 15.0 Å². The highest BCUT2D eigenvalue weighted by atomic mass is 35.5. The quantitative estimate of drug-likeness (QED) is 0.706. The van der Waals surface area contributed by atoms with Gasteiger partial charge in [0.25, 0.3) is 0 Å². The number of benzene rings is 1. The largest absolute Gasteiger partial charge is 0.445 e. The molecular weight excluding hydrogens is 336 g/mol. The van der Waals surface area contributed by atoms with E-state index in [4.69, 9.17) is 16.0 Å². The lowest BCUT2D eigenvalue weighted by atomic mass is 9.98. The lowest BCUT2D eigenvalue weighted by molar-refractivity contribution is 0.383. The number of anilines is 1. The number of nitrogens with zero attached hydrogens (tertiary/aromatic N) is 4. The van der Waals surface area contributed by atoms with Crippen LogP contribution < -0.4 is 4.90 Å². The number of hydrogen-bond donors (Lipinski definition) is 0. The highest BCUT2D eigenvalue weighted by Crippen LogP contribution is 2.29. The summed E-state index contributed by atoms with van der Waals surface area (Å²) >= 11 is 6.23. The molecule has 0 saturated carbocycles. The fourth-order valence-electron chi connectivity index (χ4n) is 3.24. The van der Waals surface area contributed by atoms with Crippen molar-refractivity contribution >= 4 is 17.5 Å². The fourth-order valence-corrected chi connectivity index (χ4v) is 3.44. The van der Waals surface area contributed by atoms with Crippen molar-refractivity contribution in [2.45, 2.75) is 25.2 Å². The third-order valence-corrected chi connectivity index (χ3v) is 4.87. The van der Waals surface area contributed by atoms with Gasteiger partial charge in [0, 0.05) is 36.9 Å². The minimum atomic E-state index is 0.262. The number of halogens is 1. The molecule has 6 heteroatoms. The van der Waals surface area contributed by atoms with Gasteiger partial charge < -0.3 is 9.32 Å². The van der Waals surface area contributed by atoms with Crippen LogP contribution in [0.1, 0.15) is 36.0 Å². The summed E-state index contributed by atoms with van der Waals surface area (Å²) in [6, 6.07) is 9.66. The van der Waals surface area contributed by atoms with E-state index in [2.05, 4.69) is 19.9 Å². The zero-order valence-electron chi connectivity index (χ0n) is 13.8. The molecule has 1 aromatic carbocycles. The van der Waals surface area contributed by atoms with E-state index in [0.717, 1.165) is 54.1 Å². The van der Waals surface area contributed by atoms with Crippen LogP contribution >= 0.6 is 11.6 Å². The Balaban J connectivity index is 1.47.